The summed E-state index contributed by atoms with van der Waals surface area (Å²) < 4.78 is 0.227. The van der Waals surface area contributed by atoms with Crippen LogP contribution >= 0.6 is 24.2 Å². The van der Waals surface area contributed by atoms with Gasteiger partial charge in [-0.2, -0.15) is 0 Å². The Bertz CT molecular complexity index is 360. The predicted octanol–water partition coefficient (Wildman–Crippen LogP) is 5.04. The maximum atomic E-state index is 6.36. The molecule has 1 aromatic carbocycles. The van der Waals surface area contributed by atoms with Crippen molar-refractivity contribution in [1.82, 2.24) is 0 Å². The van der Waals surface area contributed by atoms with Gasteiger partial charge in [-0.1, -0.05) is 59.2 Å². The van der Waals surface area contributed by atoms with Gasteiger partial charge in [-0.15, -0.1) is 24.2 Å². The highest BCUT2D eigenvalue weighted by Gasteiger charge is 2.20. The molecule has 104 valence electrons. The SMILES string of the molecule is CCC(C)[C@H](N)c1ccccc1SC(C)(C)C.Cl. The zero-order valence-corrected chi connectivity index (χ0v) is 13.7. The molecule has 0 amide bonds. The quantitative estimate of drug-likeness (QED) is 0.785. The molecule has 0 spiro atoms. The zero-order chi connectivity index (χ0) is 13.1. The van der Waals surface area contributed by atoms with E-state index in [1.807, 2.05) is 11.8 Å². The van der Waals surface area contributed by atoms with E-state index in [9.17, 15) is 0 Å². The summed E-state index contributed by atoms with van der Waals surface area (Å²) in [5, 5.41) is 0. The van der Waals surface area contributed by atoms with Gasteiger partial charge >= 0.3 is 0 Å². The summed E-state index contributed by atoms with van der Waals surface area (Å²) in [6.45, 7) is 11.1. The van der Waals surface area contributed by atoms with E-state index < -0.39 is 0 Å². The van der Waals surface area contributed by atoms with Gasteiger partial charge in [0.25, 0.3) is 0 Å². The molecule has 1 nitrogen and oxygen atoms in total. The van der Waals surface area contributed by atoms with Crippen molar-refractivity contribution in [1.29, 1.82) is 0 Å². The lowest BCUT2D eigenvalue weighted by Crippen LogP contribution is -2.20. The van der Waals surface area contributed by atoms with Crippen LogP contribution in [0.2, 0.25) is 0 Å². The third-order valence-electron chi connectivity index (χ3n) is 2.95. The average Bonchev–Trinajstić information content (AvgIpc) is 2.25. The molecular formula is C15H26ClNS. The minimum absolute atomic E-state index is 0. The molecule has 0 aliphatic rings. The number of hydrogen-bond acceptors (Lipinski definition) is 2. The highest BCUT2D eigenvalue weighted by Crippen LogP contribution is 2.37. The summed E-state index contributed by atoms with van der Waals surface area (Å²) in [6, 6.07) is 8.69. The Morgan fingerprint density at radius 3 is 2.28 bits per heavy atom. The van der Waals surface area contributed by atoms with Crippen LogP contribution in [0.25, 0.3) is 0 Å². The Morgan fingerprint density at radius 1 is 1.22 bits per heavy atom. The average molecular weight is 288 g/mol. The van der Waals surface area contributed by atoms with E-state index >= 15 is 0 Å². The Labute approximate surface area is 122 Å². The third-order valence-corrected chi connectivity index (χ3v) is 4.16. The van der Waals surface area contributed by atoms with Crippen LogP contribution in [0.15, 0.2) is 29.2 Å². The van der Waals surface area contributed by atoms with Gasteiger partial charge in [-0.3, -0.25) is 0 Å². The van der Waals surface area contributed by atoms with Crippen LogP contribution in [0.3, 0.4) is 0 Å². The van der Waals surface area contributed by atoms with Gasteiger partial charge in [0.1, 0.15) is 0 Å². The predicted molar refractivity (Wildman–Crippen MR) is 85.7 cm³/mol. The molecule has 0 heterocycles. The molecule has 3 heteroatoms. The van der Waals surface area contributed by atoms with Crippen LogP contribution in [-0.4, -0.2) is 4.75 Å². The van der Waals surface area contributed by atoms with Crippen molar-refractivity contribution in [2.45, 2.75) is 56.7 Å². The number of rotatable bonds is 4. The van der Waals surface area contributed by atoms with Gasteiger partial charge in [-0.05, 0) is 17.5 Å². The van der Waals surface area contributed by atoms with Crippen LogP contribution < -0.4 is 5.73 Å². The number of nitrogens with two attached hydrogens (primary N) is 1. The largest absolute Gasteiger partial charge is 0.324 e. The highest BCUT2D eigenvalue weighted by atomic mass is 35.5. The lowest BCUT2D eigenvalue weighted by molar-refractivity contribution is 0.452. The number of benzene rings is 1. The summed E-state index contributed by atoms with van der Waals surface area (Å²) in [4.78, 5) is 1.33. The smallest absolute Gasteiger partial charge is 0.0331 e. The first-order valence-corrected chi connectivity index (χ1v) is 7.20. The fraction of sp³-hybridized carbons (Fsp3) is 0.600. The van der Waals surface area contributed by atoms with Crippen molar-refractivity contribution in [2.75, 3.05) is 0 Å². The van der Waals surface area contributed by atoms with Crippen LogP contribution in [0.5, 0.6) is 0 Å². The maximum Gasteiger partial charge on any atom is 0.0331 e. The molecule has 2 N–H and O–H groups in total. The Balaban J connectivity index is 0.00000289. The molecule has 0 aliphatic heterocycles. The molecule has 0 saturated heterocycles. The minimum Gasteiger partial charge on any atom is -0.324 e. The monoisotopic (exact) mass is 287 g/mol. The fourth-order valence-electron chi connectivity index (χ4n) is 1.74. The molecule has 0 fully saturated rings. The molecule has 18 heavy (non-hydrogen) atoms. The third kappa shape index (κ3) is 5.21. The van der Waals surface area contributed by atoms with E-state index in [0.717, 1.165) is 6.42 Å². The molecular weight excluding hydrogens is 262 g/mol. The Morgan fingerprint density at radius 2 is 1.78 bits per heavy atom. The molecule has 0 aromatic heterocycles. The summed E-state index contributed by atoms with van der Waals surface area (Å²) in [5.41, 5.74) is 7.65. The van der Waals surface area contributed by atoms with Crippen molar-refractivity contribution in [2.24, 2.45) is 11.7 Å². The normalized spacial score (nSPS) is 14.8. The second-order valence-electron chi connectivity index (χ2n) is 5.66. The maximum absolute atomic E-state index is 6.36. The molecule has 0 saturated carbocycles. The summed E-state index contributed by atoms with van der Waals surface area (Å²) >= 11 is 1.90. The number of hydrogen-bond donors (Lipinski definition) is 1. The lowest BCUT2D eigenvalue weighted by Gasteiger charge is -2.25. The van der Waals surface area contributed by atoms with Crippen LogP contribution in [-0.2, 0) is 0 Å². The van der Waals surface area contributed by atoms with Crippen LogP contribution in [0.4, 0.5) is 0 Å². The first-order chi connectivity index (χ1) is 7.85. The fourth-order valence-corrected chi connectivity index (χ4v) is 2.87. The second kappa shape index (κ2) is 7.42. The van der Waals surface area contributed by atoms with E-state index in [4.69, 9.17) is 5.73 Å². The Kier molecular flexibility index (Phi) is 7.34. The standard InChI is InChI=1S/C15H25NS.ClH/c1-6-11(2)14(16)12-9-7-8-10-13(12)17-15(3,4)5;/h7-11,14H,6,16H2,1-5H3;1H/t11?,14-;/m0./s1. The number of halogens is 1. The van der Waals surface area contributed by atoms with Crippen LogP contribution in [0, 0.1) is 5.92 Å². The topological polar surface area (TPSA) is 26.0 Å². The lowest BCUT2D eigenvalue weighted by atomic mass is 9.93. The second-order valence-corrected chi connectivity index (χ2v) is 7.53. The van der Waals surface area contributed by atoms with Gasteiger partial charge < -0.3 is 5.73 Å². The van der Waals surface area contributed by atoms with Gasteiger partial charge in [0, 0.05) is 15.7 Å². The van der Waals surface area contributed by atoms with E-state index in [2.05, 4.69) is 58.9 Å². The van der Waals surface area contributed by atoms with E-state index in [1.165, 1.54) is 10.5 Å². The summed E-state index contributed by atoms with van der Waals surface area (Å²) in [6.07, 6.45) is 1.12. The van der Waals surface area contributed by atoms with Crippen molar-refractivity contribution in [3.05, 3.63) is 29.8 Å². The van der Waals surface area contributed by atoms with E-state index in [-0.39, 0.29) is 23.2 Å². The van der Waals surface area contributed by atoms with Crippen molar-refractivity contribution in [3.8, 4) is 0 Å². The van der Waals surface area contributed by atoms with Gasteiger partial charge in [0.15, 0.2) is 0 Å². The van der Waals surface area contributed by atoms with Gasteiger partial charge in [-0.25, -0.2) is 0 Å². The molecule has 0 aliphatic carbocycles. The number of thioether (sulfide) groups is 1. The Hall–Kier alpha value is -0.180. The minimum atomic E-state index is 0. The molecule has 1 aromatic rings. The molecule has 2 atom stereocenters. The van der Waals surface area contributed by atoms with E-state index in [1.54, 1.807) is 0 Å². The molecule has 1 unspecified atom stereocenters. The van der Waals surface area contributed by atoms with Crippen molar-refractivity contribution >= 4 is 24.2 Å². The van der Waals surface area contributed by atoms with Gasteiger partial charge in [0.05, 0.1) is 0 Å². The molecule has 0 radical (unpaired) electrons. The first kappa shape index (κ1) is 17.8. The van der Waals surface area contributed by atoms with Crippen LogP contribution in [0.1, 0.15) is 52.6 Å². The van der Waals surface area contributed by atoms with Gasteiger partial charge in [0.2, 0.25) is 0 Å². The highest BCUT2D eigenvalue weighted by molar-refractivity contribution is 8.00. The van der Waals surface area contributed by atoms with Crippen molar-refractivity contribution in [3.63, 3.8) is 0 Å². The molecule has 0 bridgehead atoms. The first-order valence-electron chi connectivity index (χ1n) is 6.38. The van der Waals surface area contributed by atoms with Crippen molar-refractivity contribution < 1.29 is 0 Å². The summed E-state index contributed by atoms with van der Waals surface area (Å²) in [5.74, 6) is 0.525. The summed E-state index contributed by atoms with van der Waals surface area (Å²) in [7, 11) is 0. The molecule has 1 rings (SSSR count). The van der Waals surface area contributed by atoms with E-state index in [0.29, 0.717) is 5.92 Å². The zero-order valence-electron chi connectivity index (χ0n) is 12.1.